The number of aliphatic imine (C=N–C) groups is 1. The van der Waals surface area contributed by atoms with Gasteiger partial charge in [-0.1, -0.05) is 6.07 Å². The third-order valence-electron chi connectivity index (χ3n) is 5.22. The number of aryl methyl sites for hydroxylation is 1. The molecule has 1 aliphatic heterocycles. The molecule has 10 heteroatoms. The van der Waals surface area contributed by atoms with Crippen LogP contribution in [0, 0.1) is 12.8 Å². The standard InChI is InChI=1S/C19H29N7OS.HI/c1-14-23-24-17(25(14)3)13-22-19(21-12-16-5-4-10-28-16)26-8-6-15(7-9-26)11-18(27)20-2;/h4-5,10,15H,6-9,11-13H2,1-3H3,(H,20,27)(H,21,22);1H. The Morgan fingerprint density at radius 2 is 2.10 bits per heavy atom. The number of hydrogen-bond acceptors (Lipinski definition) is 5. The van der Waals surface area contributed by atoms with E-state index in [1.54, 1.807) is 18.4 Å². The zero-order chi connectivity index (χ0) is 19.9. The Hall–Kier alpha value is -1.69. The van der Waals surface area contributed by atoms with Crippen molar-refractivity contribution in [3.05, 3.63) is 34.0 Å². The van der Waals surface area contributed by atoms with Crippen LogP contribution in [0.25, 0.3) is 0 Å². The number of halogens is 1. The number of guanidine groups is 1. The van der Waals surface area contributed by atoms with E-state index in [0.717, 1.165) is 50.1 Å². The molecule has 0 radical (unpaired) electrons. The van der Waals surface area contributed by atoms with E-state index in [9.17, 15) is 4.79 Å². The van der Waals surface area contributed by atoms with Crippen molar-refractivity contribution in [3.8, 4) is 0 Å². The van der Waals surface area contributed by atoms with E-state index in [-0.39, 0.29) is 29.9 Å². The molecule has 1 amide bonds. The minimum absolute atomic E-state index is 0. The van der Waals surface area contributed by atoms with Gasteiger partial charge >= 0.3 is 0 Å². The van der Waals surface area contributed by atoms with Gasteiger partial charge in [-0.3, -0.25) is 4.79 Å². The molecule has 29 heavy (non-hydrogen) atoms. The zero-order valence-electron chi connectivity index (χ0n) is 17.2. The summed E-state index contributed by atoms with van der Waals surface area (Å²) >= 11 is 1.73. The summed E-state index contributed by atoms with van der Waals surface area (Å²) in [7, 11) is 3.66. The van der Waals surface area contributed by atoms with Gasteiger partial charge in [0.25, 0.3) is 0 Å². The van der Waals surface area contributed by atoms with Crippen molar-refractivity contribution >= 4 is 47.2 Å². The number of nitrogens with one attached hydrogen (secondary N) is 2. The van der Waals surface area contributed by atoms with Gasteiger partial charge in [0.15, 0.2) is 11.8 Å². The Morgan fingerprint density at radius 3 is 2.69 bits per heavy atom. The van der Waals surface area contributed by atoms with Gasteiger partial charge in [0, 0.05) is 38.5 Å². The Morgan fingerprint density at radius 1 is 1.34 bits per heavy atom. The minimum atomic E-state index is 0. The highest BCUT2D eigenvalue weighted by Crippen LogP contribution is 2.21. The molecule has 0 saturated carbocycles. The van der Waals surface area contributed by atoms with Crippen LogP contribution in [0.5, 0.6) is 0 Å². The summed E-state index contributed by atoms with van der Waals surface area (Å²) in [5, 5.41) is 16.6. The number of amides is 1. The minimum Gasteiger partial charge on any atom is -0.359 e. The summed E-state index contributed by atoms with van der Waals surface area (Å²) in [5.41, 5.74) is 0. The molecule has 0 unspecified atom stereocenters. The predicted octanol–water partition coefficient (Wildman–Crippen LogP) is 2.30. The van der Waals surface area contributed by atoms with Gasteiger partial charge in [-0.2, -0.15) is 0 Å². The lowest BCUT2D eigenvalue weighted by atomic mass is 9.93. The molecule has 3 rings (SSSR count). The maximum Gasteiger partial charge on any atom is 0.220 e. The molecule has 2 aromatic rings. The summed E-state index contributed by atoms with van der Waals surface area (Å²) in [4.78, 5) is 20.0. The maximum atomic E-state index is 11.6. The summed E-state index contributed by atoms with van der Waals surface area (Å²) in [6, 6.07) is 4.18. The fourth-order valence-electron chi connectivity index (χ4n) is 3.29. The largest absolute Gasteiger partial charge is 0.359 e. The molecule has 3 heterocycles. The van der Waals surface area contributed by atoms with Crippen molar-refractivity contribution in [2.75, 3.05) is 20.1 Å². The Bertz CT molecular complexity index is 798. The van der Waals surface area contributed by atoms with Gasteiger partial charge in [-0.15, -0.1) is 45.5 Å². The van der Waals surface area contributed by atoms with E-state index >= 15 is 0 Å². The van der Waals surface area contributed by atoms with Crippen molar-refractivity contribution in [2.45, 2.75) is 39.3 Å². The molecule has 160 valence electrons. The van der Waals surface area contributed by atoms with Gasteiger partial charge in [0.1, 0.15) is 12.4 Å². The number of carbonyl (C=O) groups is 1. The third kappa shape index (κ3) is 6.66. The number of piperidine rings is 1. The van der Waals surface area contributed by atoms with Crippen LogP contribution in [0.4, 0.5) is 0 Å². The summed E-state index contributed by atoms with van der Waals surface area (Å²) in [6.45, 7) is 4.98. The third-order valence-corrected chi connectivity index (χ3v) is 6.10. The number of carbonyl (C=O) groups excluding carboxylic acids is 1. The van der Waals surface area contributed by atoms with Crippen LogP contribution < -0.4 is 10.6 Å². The number of rotatable bonds is 6. The molecule has 0 aromatic carbocycles. The highest BCUT2D eigenvalue weighted by molar-refractivity contribution is 14.0. The van der Waals surface area contributed by atoms with Gasteiger partial charge < -0.3 is 20.1 Å². The quantitative estimate of drug-likeness (QED) is 0.340. The summed E-state index contributed by atoms with van der Waals surface area (Å²) in [6.07, 6.45) is 2.60. The average molecular weight is 531 g/mol. The fourth-order valence-corrected chi connectivity index (χ4v) is 3.94. The molecule has 2 N–H and O–H groups in total. The van der Waals surface area contributed by atoms with E-state index in [1.165, 1.54) is 4.88 Å². The Kier molecular flexibility index (Phi) is 9.34. The van der Waals surface area contributed by atoms with E-state index in [0.29, 0.717) is 18.9 Å². The van der Waals surface area contributed by atoms with Crippen LogP contribution in [0.3, 0.4) is 0 Å². The number of likely N-dealkylation sites (tertiary alicyclic amines) is 1. The highest BCUT2D eigenvalue weighted by atomic mass is 127. The van der Waals surface area contributed by atoms with Crippen LogP contribution in [0.15, 0.2) is 22.5 Å². The predicted molar refractivity (Wildman–Crippen MR) is 126 cm³/mol. The lowest BCUT2D eigenvalue weighted by molar-refractivity contribution is -0.121. The van der Waals surface area contributed by atoms with E-state index in [1.807, 2.05) is 18.5 Å². The van der Waals surface area contributed by atoms with Crippen LogP contribution in [-0.4, -0.2) is 51.7 Å². The molecule has 1 aliphatic rings. The van der Waals surface area contributed by atoms with Crippen LogP contribution in [0.2, 0.25) is 0 Å². The van der Waals surface area contributed by atoms with Crippen molar-refractivity contribution in [1.82, 2.24) is 30.3 Å². The monoisotopic (exact) mass is 531 g/mol. The molecule has 0 atom stereocenters. The van der Waals surface area contributed by atoms with Crippen LogP contribution >= 0.6 is 35.3 Å². The van der Waals surface area contributed by atoms with E-state index in [2.05, 4.69) is 43.2 Å². The molecule has 0 spiro atoms. The van der Waals surface area contributed by atoms with Crippen molar-refractivity contribution in [1.29, 1.82) is 0 Å². The van der Waals surface area contributed by atoms with Crippen LogP contribution in [0.1, 0.15) is 35.8 Å². The molecule has 0 bridgehead atoms. The van der Waals surface area contributed by atoms with Gasteiger partial charge in [0.05, 0.1) is 6.54 Å². The molecule has 8 nitrogen and oxygen atoms in total. The second kappa shape index (κ2) is 11.5. The van der Waals surface area contributed by atoms with Crippen LogP contribution in [-0.2, 0) is 24.9 Å². The lowest BCUT2D eigenvalue weighted by Crippen LogP contribution is -2.45. The number of aromatic nitrogens is 3. The smallest absolute Gasteiger partial charge is 0.220 e. The SMILES string of the molecule is CNC(=O)CC1CCN(C(=NCc2nnc(C)n2C)NCc2cccs2)CC1.I. The second-order valence-corrected chi connectivity index (χ2v) is 8.14. The molecular weight excluding hydrogens is 501 g/mol. The topological polar surface area (TPSA) is 87.4 Å². The molecule has 1 saturated heterocycles. The average Bonchev–Trinajstić information content (AvgIpc) is 3.34. The zero-order valence-corrected chi connectivity index (χ0v) is 20.4. The normalized spacial score (nSPS) is 15.1. The summed E-state index contributed by atoms with van der Waals surface area (Å²) < 4.78 is 1.97. The molecule has 2 aromatic heterocycles. The van der Waals surface area contributed by atoms with Gasteiger partial charge in [-0.25, -0.2) is 4.99 Å². The van der Waals surface area contributed by atoms with Crippen molar-refractivity contribution < 1.29 is 4.79 Å². The molecule has 1 fully saturated rings. The van der Waals surface area contributed by atoms with Gasteiger partial charge in [-0.05, 0) is 37.1 Å². The lowest BCUT2D eigenvalue weighted by Gasteiger charge is -2.34. The van der Waals surface area contributed by atoms with Gasteiger partial charge in [0.2, 0.25) is 5.91 Å². The fraction of sp³-hybridized carbons (Fsp3) is 0.579. The Balaban J connectivity index is 0.00000300. The van der Waals surface area contributed by atoms with Crippen molar-refractivity contribution in [2.24, 2.45) is 18.0 Å². The molecule has 0 aliphatic carbocycles. The first-order valence-electron chi connectivity index (χ1n) is 9.68. The summed E-state index contributed by atoms with van der Waals surface area (Å²) in [5.74, 6) is 3.19. The maximum absolute atomic E-state index is 11.6. The molecular formula is C19H30IN7OS. The first-order valence-corrected chi connectivity index (χ1v) is 10.6. The van der Waals surface area contributed by atoms with E-state index < -0.39 is 0 Å². The first-order chi connectivity index (χ1) is 13.6. The number of hydrogen-bond donors (Lipinski definition) is 2. The highest BCUT2D eigenvalue weighted by Gasteiger charge is 2.23. The number of thiophene rings is 1. The van der Waals surface area contributed by atoms with Crippen molar-refractivity contribution in [3.63, 3.8) is 0 Å². The first kappa shape index (κ1) is 23.6. The van der Waals surface area contributed by atoms with E-state index in [4.69, 9.17) is 4.99 Å². The Labute approximate surface area is 193 Å². The second-order valence-electron chi connectivity index (χ2n) is 7.10. The number of nitrogens with zero attached hydrogens (tertiary/aromatic N) is 5.